The number of hydrogen-bond acceptors (Lipinski definition) is 2. The van der Waals surface area contributed by atoms with Crippen LogP contribution in [0.2, 0.25) is 0 Å². The van der Waals surface area contributed by atoms with Crippen molar-refractivity contribution in [1.82, 2.24) is 10.6 Å². The third-order valence-corrected chi connectivity index (χ3v) is 4.29. The van der Waals surface area contributed by atoms with E-state index in [1.54, 1.807) is 6.92 Å². The second-order valence-electron chi connectivity index (χ2n) is 6.63. The molecular weight excluding hydrogens is 302 g/mol. The summed E-state index contributed by atoms with van der Waals surface area (Å²) in [7, 11) is 0. The van der Waals surface area contributed by atoms with Crippen LogP contribution in [0.1, 0.15) is 38.7 Å². The number of carbonyl (C=O) groups is 1. The summed E-state index contributed by atoms with van der Waals surface area (Å²) < 4.78 is 27.8. The van der Waals surface area contributed by atoms with Crippen LogP contribution in [0, 0.1) is 17.6 Å². The Balaban J connectivity index is 1.85. The van der Waals surface area contributed by atoms with Crippen LogP contribution in [0.3, 0.4) is 0 Å². The SMILES string of the molecule is CC(O)CC(C)CNC(=O)NCC1(c2c(F)cccc2F)CC1. The summed E-state index contributed by atoms with van der Waals surface area (Å²) in [5, 5.41) is 14.7. The normalized spacial score (nSPS) is 18.1. The summed E-state index contributed by atoms with van der Waals surface area (Å²) in [5.41, 5.74) is -0.555. The van der Waals surface area contributed by atoms with E-state index in [2.05, 4.69) is 10.6 Å². The highest BCUT2D eigenvalue weighted by Crippen LogP contribution is 2.49. The zero-order chi connectivity index (χ0) is 17.0. The fourth-order valence-electron chi connectivity index (χ4n) is 2.92. The summed E-state index contributed by atoms with van der Waals surface area (Å²) >= 11 is 0. The number of rotatable bonds is 7. The van der Waals surface area contributed by atoms with Gasteiger partial charge in [-0.1, -0.05) is 13.0 Å². The van der Waals surface area contributed by atoms with Gasteiger partial charge in [-0.15, -0.1) is 0 Å². The minimum atomic E-state index is -0.627. The fraction of sp³-hybridized carbons (Fsp3) is 0.588. The zero-order valence-corrected chi connectivity index (χ0v) is 13.5. The van der Waals surface area contributed by atoms with Crippen LogP contribution in [-0.4, -0.2) is 30.3 Å². The van der Waals surface area contributed by atoms with Crippen molar-refractivity contribution in [2.75, 3.05) is 13.1 Å². The average Bonchev–Trinajstić information content (AvgIpc) is 3.23. The molecule has 0 heterocycles. The van der Waals surface area contributed by atoms with E-state index in [0.717, 1.165) is 0 Å². The molecule has 1 aliphatic rings. The number of carbonyl (C=O) groups excluding carboxylic acids is 1. The van der Waals surface area contributed by atoms with Gasteiger partial charge in [0.2, 0.25) is 0 Å². The van der Waals surface area contributed by atoms with Gasteiger partial charge in [-0.05, 0) is 44.2 Å². The number of urea groups is 1. The van der Waals surface area contributed by atoms with Gasteiger partial charge in [0, 0.05) is 24.1 Å². The van der Waals surface area contributed by atoms with E-state index in [9.17, 15) is 18.7 Å². The monoisotopic (exact) mass is 326 g/mol. The summed E-state index contributed by atoms with van der Waals surface area (Å²) in [4.78, 5) is 11.8. The van der Waals surface area contributed by atoms with Gasteiger partial charge in [0.15, 0.2) is 0 Å². The number of halogens is 2. The molecule has 4 nitrogen and oxygen atoms in total. The highest BCUT2D eigenvalue weighted by Gasteiger charge is 2.47. The highest BCUT2D eigenvalue weighted by atomic mass is 19.1. The van der Waals surface area contributed by atoms with E-state index in [0.29, 0.717) is 25.8 Å². The standard InChI is InChI=1S/C17H24F2N2O2/c1-11(8-12(2)22)9-20-16(23)21-10-17(6-7-17)15-13(18)4-3-5-14(15)19/h3-5,11-12,22H,6-10H2,1-2H3,(H2,20,21,23). The number of hydrogen-bond donors (Lipinski definition) is 3. The smallest absolute Gasteiger partial charge is 0.314 e. The molecule has 0 aromatic heterocycles. The Bertz CT molecular complexity index is 539. The first-order valence-electron chi connectivity index (χ1n) is 7.98. The van der Waals surface area contributed by atoms with Gasteiger partial charge in [-0.25, -0.2) is 13.6 Å². The molecule has 2 unspecified atom stereocenters. The fourth-order valence-corrected chi connectivity index (χ4v) is 2.92. The van der Waals surface area contributed by atoms with Gasteiger partial charge < -0.3 is 15.7 Å². The van der Waals surface area contributed by atoms with Gasteiger partial charge in [0.1, 0.15) is 11.6 Å². The van der Waals surface area contributed by atoms with E-state index >= 15 is 0 Å². The molecule has 2 amide bonds. The minimum Gasteiger partial charge on any atom is -0.393 e. The average molecular weight is 326 g/mol. The summed E-state index contributed by atoms with van der Waals surface area (Å²) in [6, 6.07) is 3.48. The second kappa shape index (κ2) is 7.25. The number of amides is 2. The quantitative estimate of drug-likeness (QED) is 0.721. The number of benzene rings is 1. The maximum atomic E-state index is 13.9. The van der Waals surface area contributed by atoms with Crippen molar-refractivity contribution in [3.63, 3.8) is 0 Å². The second-order valence-corrected chi connectivity index (χ2v) is 6.63. The van der Waals surface area contributed by atoms with Crippen molar-refractivity contribution in [2.24, 2.45) is 5.92 Å². The highest BCUT2D eigenvalue weighted by molar-refractivity contribution is 5.74. The van der Waals surface area contributed by atoms with Crippen LogP contribution in [-0.2, 0) is 5.41 Å². The Morgan fingerprint density at radius 1 is 1.26 bits per heavy atom. The molecule has 3 N–H and O–H groups in total. The Kier molecular flexibility index (Phi) is 5.57. The number of aliphatic hydroxyl groups is 1. The van der Waals surface area contributed by atoms with E-state index in [1.165, 1.54) is 18.2 Å². The van der Waals surface area contributed by atoms with E-state index in [-0.39, 0.29) is 24.1 Å². The van der Waals surface area contributed by atoms with Crippen molar-refractivity contribution in [1.29, 1.82) is 0 Å². The van der Waals surface area contributed by atoms with Gasteiger partial charge in [-0.3, -0.25) is 0 Å². The Hall–Kier alpha value is -1.69. The van der Waals surface area contributed by atoms with Crippen molar-refractivity contribution >= 4 is 6.03 Å². The lowest BCUT2D eigenvalue weighted by atomic mass is 9.94. The third-order valence-electron chi connectivity index (χ3n) is 4.29. The summed E-state index contributed by atoms with van der Waals surface area (Å²) in [6.07, 6.45) is 1.51. The molecule has 2 rings (SSSR count). The maximum Gasteiger partial charge on any atom is 0.314 e. The predicted molar refractivity (Wildman–Crippen MR) is 84.1 cm³/mol. The van der Waals surface area contributed by atoms with Crippen molar-refractivity contribution in [3.8, 4) is 0 Å². The van der Waals surface area contributed by atoms with Crippen LogP contribution >= 0.6 is 0 Å². The molecule has 0 spiro atoms. The molecule has 1 fully saturated rings. The molecule has 1 saturated carbocycles. The molecule has 0 aliphatic heterocycles. The Morgan fingerprint density at radius 3 is 2.39 bits per heavy atom. The van der Waals surface area contributed by atoms with Gasteiger partial charge in [0.05, 0.1) is 6.10 Å². The van der Waals surface area contributed by atoms with Crippen LogP contribution in [0.5, 0.6) is 0 Å². The predicted octanol–water partition coefficient (Wildman–Crippen LogP) is 2.70. The number of nitrogens with one attached hydrogen (secondary N) is 2. The van der Waals surface area contributed by atoms with E-state index in [4.69, 9.17) is 0 Å². The van der Waals surface area contributed by atoms with Gasteiger partial charge >= 0.3 is 6.03 Å². The van der Waals surface area contributed by atoms with Gasteiger partial charge in [-0.2, -0.15) is 0 Å². The van der Waals surface area contributed by atoms with Crippen molar-refractivity contribution in [3.05, 3.63) is 35.4 Å². The Labute approximate surface area is 135 Å². The van der Waals surface area contributed by atoms with Crippen LogP contribution in [0.4, 0.5) is 13.6 Å². The minimum absolute atomic E-state index is 0.0720. The number of aliphatic hydroxyl groups excluding tert-OH is 1. The summed E-state index contributed by atoms with van der Waals surface area (Å²) in [5.74, 6) is -0.967. The Morgan fingerprint density at radius 2 is 1.87 bits per heavy atom. The first-order valence-corrected chi connectivity index (χ1v) is 7.98. The van der Waals surface area contributed by atoms with Crippen LogP contribution in [0.25, 0.3) is 0 Å². The lowest BCUT2D eigenvalue weighted by Gasteiger charge is -2.19. The molecule has 1 aliphatic carbocycles. The van der Waals surface area contributed by atoms with Crippen molar-refractivity contribution in [2.45, 2.75) is 44.6 Å². The van der Waals surface area contributed by atoms with Crippen LogP contribution < -0.4 is 10.6 Å². The van der Waals surface area contributed by atoms with Crippen molar-refractivity contribution < 1.29 is 18.7 Å². The summed E-state index contributed by atoms with van der Waals surface area (Å²) in [6.45, 7) is 4.29. The molecule has 2 atom stereocenters. The maximum absolute atomic E-state index is 13.9. The third kappa shape index (κ3) is 4.64. The lowest BCUT2D eigenvalue weighted by molar-refractivity contribution is 0.163. The molecule has 1 aromatic carbocycles. The zero-order valence-electron chi connectivity index (χ0n) is 13.5. The lowest BCUT2D eigenvalue weighted by Crippen LogP contribution is -2.42. The van der Waals surface area contributed by atoms with Crippen LogP contribution in [0.15, 0.2) is 18.2 Å². The topological polar surface area (TPSA) is 61.4 Å². The first-order chi connectivity index (χ1) is 10.8. The largest absolute Gasteiger partial charge is 0.393 e. The molecule has 0 bridgehead atoms. The molecule has 23 heavy (non-hydrogen) atoms. The molecule has 128 valence electrons. The molecule has 6 heteroatoms. The molecular formula is C17H24F2N2O2. The molecule has 0 saturated heterocycles. The van der Waals surface area contributed by atoms with E-state index < -0.39 is 23.2 Å². The van der Waals surface area contributed by atoms with E-state index in [1.807, 2.05) is 6.92 Å². The molecule has 0 radical (unpaired) electrons. The molecule has 1 aromatic rings. The first kappa shape index (κ1) is 17.7. The van der Waals surface area contributed by atoms with Gasteiger partial charge in [0.25, 0.3) is 0 Å².